The first kappa shape index (κ1) is 16.8. The van der Waals surface area contributed by atoms with Gasteiger partial charge >= 0.3 is 5.51 Å². The molecule has 1 rings (SSSR count). The van der Waals surface area contributed by atoms with Crippen molar-refractivity contribution in [3.05, 3.63) is 24.3 Å². The third-order valence-electron chi connectivity index (χ3n) is 2.48. The second-order valence-corrected chi connectivity index (χ2v) is 6.45. The molecule has 114 valence electrons. The Balaban J connectivity index is 2.66. The minimum Gasteiger partial charge on any atom is -0.384 e. The summed E-state index contributed by atoms with van der Waals surface area (Å²) >= 11 is 0. The van der Waals surface area contributed by atoms with Crippen LogP contribution < -0.4 is 10.6 Å². The molecule has 0 fully saturated rings. The van der Waals surface area contributed by atoms with Crippen molar-refractivity contribution < 1.29 is 21.6 Å². The van der Waals surface area contributed by atoms with E-state index in [4.69, 9.17) is 0 Å². The predicted octanol–water partition coefficient (Wildman–Crippen LogP) is 2.39. The summed E-state index contributed by atoms with van der Waals surface area (Å²) in [4.78, 5) is -0.754. The quantitative estimate of drug-likeness (QED) is 0.792. The molecule has 0 saturated carbocycles. The Morgan fingerprint density at radius 2 is 1.65 bits per heavy atom. The highest BCUT2D eigenvalue weighted by Gasteiger charge is 2.46. The fourth-order valence-electron chi connectivity index (χ4n) is 1.45. The molecule has 0 atom stereocenters. The maximum atomic E-state index is 12.3. The third-order valence-corrected chi connectivity index (χ3v) is 3.98. The minimum absolute atomic E-state index is 0.344. The van der Waals surface area contributed by atoms with Gasteiger partial charge in [-0.3, -0.25) is 0 Å². The molecule has 8 heteroatoms. The Kier molecular flexibility index (Phi) is 5.41. The van der Waals surface area contributed by atoms with Gasteiger partial charge in [-0.15, -0.1) is 0 Å². The van der Waals surface area contributed by atoms with Crippen molar-refractivity contribution >= 4 is 15.5 Å². The number of hydrogen-bond acceptors (Lipinski definition) is 4. The largest absolute Gasteiger partial charge is 0.501 e. The van der Waals surface area contributed by atoms with E-state index in [1.54, 1.807) is 0 Å². The van der Waals surface area contributed by atoms with Crippen molar-refractivity contribution in [2.24, 2.45) is 0 Å². The summed E-state index contributed by atoms with van der Waals surface area (Å²) in [6.07, 6.45) is 0. The number of alkyl halides is 3. The van der Waals surface area contributed by atoms with E-state index >= 15 is 0 Å². The summed E-state index contributed by atoms with van der Waals surface area (Å²) in [5, 5.41) is 6.14. The van der Waals surface area contributed by atoms with Gasteiger partial charge in [0.1, 0.15) is 0 Å². The molecule has 0 amide bonds. The molecule has 0 aliphatic heterocycles. The highest BCUT2D eigenvalue weighted by atomic mass is 32.2. The Morgan fingerprint density at radius 1 is 1.10 bits per heavy atom. The molecule has 0 aliphatic rings. The van der Waals surface area contributed by atoms with Crippen LogP contribution in [0.2, 0.25) is 0 Å². The zero-order valence-corrected chi connectivity index (χ0v) is 12.0. The molecule has 0 bridgehead atoms. The fraction of sp³-hybridized carbons (Fsp3) is 0.500. The van der Waals surface area contributed by atoms with Crippen molar-refractivity contribution in [3.63, 3.8) is 0 Å². The van der Waals surface area contributed by atoms with Crippen LogP contribution in [0.3, 0.4) is 0 Å². The maximum Gasteiger partial charge on any atom is 0.501 e. The molecule has 4 nitrogen and oxygen atoms in total. The summed E-state index contributed by atoms with van der Waals surface area (Å²) in [6, 6.07) is 4.86. The second-order valence-electron chi connectivity index (χ2n) is 4.51. The molecule has 0 spiro atoms. The van der Waals surface area contributed by atoms with Crippen LogP contribution in [0.5, 0.6) is 0 Å². The number of hydrogen-bond donors (Lipinski definition) is 2. The first-order valence-corrected chi connectivity index (χ1v) is 7.51. The molecule has 2 N–H and O–H groups in total. The normalized spacial score (nSPS) is 12.7. The fourth-order valence-corrected chi connectivity index (χ4v) is 2.21. The van der Waals surface area contributed by atoms with Crippen molar-refractivity contribution in [2.45, 2.75) is 30.3 Å². The van der Waals surface area contributed by atoms with Gasteiger partial charge in [0, 0.05) is 24.8 Å². The molecule has 0 unspecified atom stereocenters. The average Bonchev–Trinajstić information content (AvgIpc) is 2.33. The Labute approximate surface area is 116 Å². The number of anilines is 1. The van der Waals surface area contributed by atoms with Gasteiger partial charge in [-0.1, -0.05) is 13.8 Å². The van der Waals surface area contributed by atoms with E-state index in [1.807, 2.05) is 13.8 Å². The van der Waals surface area contributed by atoms with Crippen LogP contribution >= 0.6 is 0 Å². The van der Waals surface area contributed by atoms with Crippen LogP contribution in [0.1, 0.15) is 13.8 Å². The van der Waals surface area contributed by atoms with Gasteiger partial charge < -0.3 is 10.6 Å². The van der Waals surface area contributed by atoms with Gasteiger partial charge in [-0.2, -0.15) is 13.2 Å². The summed E-state index contributed by atoms with van der Waals surface area (Å²) < 4.78 is 59.3. The molecule has 0 aromatic heterocycles. The summed E-state index contributed by atoms with van der Waals surface area (Å²) in [7, 11) is -5.27. The van der Waals surface area contributed by atoms with E-state index in [0.717, 1.165) is 12.1 Å². The maximum absolute atomic E-state index is 12.3. The monoisotopic (exact) mass is 310 g/mol. The average molecular weight is 310 g/mol. The van der Waals surface area contributed by atoms with Crippen molar-refractivity contribution in [3.8, 4) is 0 Å². The topological polar surface area (TPSA) is 58.2 Å². The van der Waals surface area contributed by atoms with Crippen LogP contribution in [-0.4, -0.2) is 33.1 Å². The lowest BCUT2D eigenvalue weighted by atomic mass is 10.3. The van der Waals surface area contributed by atoms with Gasteiger partial charge in [0.25, 0.3) is 9.84 Å². The van der Waals surface area contributed by atoms with E-state index in [9.17, 15) is 21.6 Å². The Bertz CT molecular complexity index is 525. The van der Waals surface area contributed by atoms with Crippen LogP contribution in [0, 0.1) is 0 Å². The lowest BCUT2D eigenvalue weighted by Gasteiger charge is -2.11. The van der Waals surface area contributed by atoms with E-state index < -0.39 is 20.2 Å². The van der Waals surface area contributed by atoms with Crippen LogP contribution in [0.15, 0.2) is 29.2 Å². The number of rotatable bonds is 6. The smallest absolute Gasteiger partial charge is 0.384 e. The molecule has 1 aromatic carbocycles. The SMILES string of the molecule is CC(C)NCCNc1ccc(S(=O)(=O)C(F)(F)F)cc1. The zero-order chi connectivity index (χ0) is 15.4. The zero-order valence-electron chi connectivity index (χ0n) is 11.2. The van der Waals surface area contributed by atoms with E-state index in [0.29, 0.717) is 24.8 Å². The highest BCUT2D eigenvalue weighted by molar-refractivity contribution is 7.92. The Hall–Kier alpha value is -1.28. The molecule has 0 heterocycles. The summed E-state index contributed by atoms with van der Waals surface area (Å²) in [6.45, 7) is 5.28. The van der Waals surface area contributed by atoms with Gasteiger partial charge in [-0.05, 0) is 24.3 Å². The van der Waals surface area contributed by atoms with E-state index in [-0.39, 0.29) is 0 Å². The van der Waals surface area contributed by atoms with Gasteiger partial charge in [0.15, 0.2) is 0 Å². The highest BCUT2D eigenvalue weighted by Crippen LogP contribution is 2.30. The summed E-state index contributed by atoms with van der Waals surface area (Å²) in [5.41, 5.74) is -4.71. The van der Waals surface area contributed by atoms with Crippen molar-refractivity contribution in [1.82, 2.24) is 5.32 Å². The van der Waals surface area contributed by atoms with Crippen molar-refractivity contribution in [1.29, 1.82) is 0 Å². The molecular weight excluding hydrogens is 293 g/mol. The van der Waals surface area contributed by atoms with Crippen LogP contribution in [0.25, 0.3) is 0 Å². The van der Waals surface area contributed by atoms with Crippen molar-refractivity contribution in [2.75, 3.05) is 18.4 Å². The third kappa shape index (κ3) is 4.38. The van der Waals surface area contributed by atoms with Gasteiger partial charge in [-0.25, -0.2) is 8.42 Å². The first-order valence-electron chi connectivity index (χ1n) is 6.03. The molecule has 1 aromatic rings. The number of halogens is 3. The number of benzene rings is 1. The molecule has 20 heavy (non-hydrogen) atoms. The lowest BCUT2D eigenvalue weighted by Crippen LogP contribution is -2.28. The molecular formula is C12H17F3N2O2S. The lowest BCUT2D eigenvalue weighted by molar-refractivity contribution is -0.0436. The van der Waals surface area contributed by atoms with Crippen LogP contribution in [-0.2, 0) is 9.84 Å². The Morgan fingerprint density at radius 3 is 2.10 bits per heavy atom. The van der Waals surface area contributed by atoms with Gasteiger partial charge in [0.2, 0.25) is 0 Å². The standard InChI is InChI=1S/C12H17F3N2O2S/c1-9(2)16-7-8-17-10-3-5-11(6-4-10)20(18,19)12(13,14)15/h3-6,9,16-17H,7-8H2,1-2H3. The molecule has 0 saturated heterocycles. The van der Waals surface area contributed by atoms with Gasteiger partial charge in [0.05, 0.1) is 4.90 Å². The predicted molar refractivity (Wildman–Crippen MR) is 71.3 cm³/mol. The van der Waals surface area contributed by atoms with Crippen LogP contribution in [0.4, 0.5) is 18.9 Å². The molecule has 0 aliphatic carbocycles. The second kappa shape index (κ2) is 6.45. The number of sulfone groups is 1. The number of nitrogens with one attached hydrogen (secondary N) is 2. The minimum atomic E-state index is -5.27. The first-order chi connectivity index (χ1) is 9.14. The van der Waals surface area contributed by atoms with E-state index in [2.05, 4.69) is 10.6 Å². The molecule has 0 radical (unpaired) electrons. The van der Waals surface area contributed by atoms with E-state index in [1.165, 1.54) is 12.1 Å². The summed E-state index contributed by atoms with van der Waals surface area (Å²) in [5.74, 6) is 0.